The fourth-order valence-electron chi connectivity index (χ4n) is 1.91. The quantitative estimate of drug-likeness (QED) is 0.769. The molecule has 0 aliphatic rings. The first kappa shape index (κ1) is 12.5. The number of benzene rings is 1. The second-order valence-corrected chi connectivity index (χ2v) is 5.53. The molecule has 19 heavy (non-hydrogen) atoms. The molecule has 1 unspecified atom stereocenters. The molecule has 2 nitrogen and oxygen atoms in total. The average molecular weight is 294 g/mol. The number of rotatable bonds is 2. The number of aliphatic hydroxyl groups excluding tert-OH is 1. The van der Waals surface area contributed by atoms with Crippen molar-refractivity contribution in [3.63, 3.8) is 0 Å². The zero-order chi connectivity index (χ0) is 13.4. The second-order valence-electron chi connectivity index (χ2n) is 4.14. The Labute approximate surface area is 118 Å². The van der Waals surface area contributed by atoms with Gasteiger partial charge in [0.25, 0.3) is 0 Å². The largest absolute Gasteiger partial charge is 0.383 e. The Morgan fingerprint density at radius 3 is 2.89 bits per heavy atom. The lowest BCUT2D eigenvalue weighted by molar-refractivity contribution is 0.215. The van der Waals surface area contributed by atoms with Crippen LogP contribution < -0.4 is 0 Å². The zero-order valence-electron chi connectivity index (χ0n) is 9.68. The van der Waals surface area contributed by atoms with Crippen molar-refractivity contribution in [2.24, 2.45) is 0 Å². The molecule has 0 spiro atoms. The summed E-state index contributed by atoms with van der Waals surface area (Å²) in [4.78, 5) is 4.24. The number of fused-ring (bicyclic) bond motifs is 1. The van der Waals surface area contributed by atoms with E-state index in [9.17, 15) is 9.50 Å². The summed E-state index contributed by atoms with van der Waals surface area (Å²) < 4.78 is 14.7. The molecule has 2 aromatic heterocycles. The SMILES string of the molecule is OC(c1cnc2ccsc2c1)c1ccc(Cl)cc1F. The molecule has 96 valence electrons. The summed E-state index contributed by atoms with van der Waals surface area (Å²) in [5.74, 6) is -0.522. The number of aliphatic hydroxyl groups is 1. The summed E-state index contributed by atoms with van der Waals surface area (Å²) in [6, 6.07) is 7.96. The monoisotopic (exact) mass is 293 g/mol. The van der Waals surface area contributed by atoms with E-state index in [0.29, 0.717) is 10.6 Å². The standard InChI is InChI=1S/C14H9ClFNOS/c15-9-1-2-10(11(16)6-9)14(18)8-5-13-12(17-7-8)3-4-19-13/h1-7,14,18H. The fourth-order valence-corrected chi connectivity index (χ4v) is 2.86. The van der Waals surface area contributed by atoms with Gasteiger partial charge < -0.3 is 5.11 Å². The topological polar surface area (TPSA) is 33.1 Å². The van der Waals surface area contributed by atoms with Gasteiger partial charge in [0.1, 0.15) is 11.9 Å². The summed E-state index contributed by atoms with van der Waals surface area (Å²) in [6.07, 6.45) is 0.518. The van der Waals surface area contributed by atoms with Gasteiger partial charge in [0, 0.05) is 22.3 Å². The molecule has 3 rings (SSSR count). The van der Waals surface area contributed by atoms with Crippen molar-refractivity contribution in [2.75, 3.05) is 0 Å². The number of thiophene rings is 1. The fraction of sp³-hybridized carbons (Fsp3) is 0.0714. The third-order valence-corrected chi connectivity index (χ3v) is 3.98. The smallest absolute Gasteiger partial charge is 0.130 e. The van der Waals surface area contributed by atoms with Gasteiger partial charge in [0.15, 0.2) is 0 Å². The van der Waals surface area contributed by atoms with Crippen LogP contribution in [0.5, 0.6) is 0 Å². The summed E-state index contributed by atoms with van der Waals surface area (Å²) in [6.45, 7) is 0. The number of nitrogens with zero attached hydrogens (tertiary/aromatic N) is 1. The molecule has 1 atom stereocenters. The minimum atomic E-state index is -1.05. The van der Waals surface area contributed by atoms with Gasteiger partial charge in [0.05, 0.1) is 10.2 Å². The van der Waals surface area contributed by atoms with Crippen molar-refractivity contribution >= 4 is 33.2 Å². The molecule has 2 heterocycles. The highest BCUT2D eigenvalue weighted by molar-refractivity contribution is 7.17. The zero-order valence-corrected chi connectivity index (χ0v) is 11.2. The maximum absolute atomic E-state index is 13.8. The normalized spacial score (nSPS) is 12.8. The minimum Gasteiger partial charge on any atom is -0.383 e. The van der Waals surface area contributed by atoms with E-state index in [1.807, 2.05) is 17.5 Å². The van der Waals surface area contributed by atoms with Crippen LogP contribution in [-0.4, -0.2) is 10.1 Å². The Hall–Kier alpha value is -1.49. The first-order valence-corrected chi connectivity index (χ1v) is 6.87. The molecule has 0 bridgehead atoms. The maximum Gasteiger partial charge on any atom is 0.130 e. The van der Waals surface area contributed by atoms with Gasteiger partial charge in [-0.15, -0.1) is 11.3 Å². The number of aromatic nitrogens is 1. The van der Waals surface area contributed by atoms with Crippen LogP contribution >= 0.6 is 22.9 Å². The van der Waals surface area contributed by atoms with E-state index < -0.39 is 11.9 Å². The van der Waals surface area contributed by atoms with Crippen molar-refractivity contribution in [1.82, 2.24) is 4.98 Å². The lowest BCUT2D eigenvalue weighted by Crippen LogP contribution is -2.02. The molecule has 1 N–H and O–H groups in total. The first-order valence-electron chi connectivity index (χ1n) is 5.61. The molecular formula is C14H9ClFNOS. The van der Waals surface area contributed by atoms with Crippen LogP contribution in [0.4, 0.5) is 4.39 Å². The van der Waals surface area contributed by atoms with Crippen LogP contribution in [0.3, 0.4) is 0 Å². The van der Waals surface area contributed by atoms with Crippen LogP contribution in [-0.2, 0) is 0 Å². The third-order valence-electron chi connectivity index (χ3n) is 2.90. The van der Waals surface area contributed by atoms with Crippen LogP contribution in [0.2, 0.25) is 5.02 Å². The van der Waals surface area contributed by atoms with Crippen molar-refractivity contribution in [2.45, 2.75) is 6.10 Å². The first-order chi connectivity index (χ1) is 9.15. The Bertz CT molecular complexity index is 743. The summed E-state index contributed by atoms with van der Waals surface area (Å²) in [7, 11) is 0. The van der Waals surface area contributed by atoms with Crippen molar-refractivity contribution in [1.29, 1.82) is 0 Å². The predicted molar refractivity (Wildman–Crippen MR) is 75.1 cm³/mol. The molecule has 0 saturated carbocycles. The number of pyridine rings is 1. The Balaban J connectivity index is 2.04. The maximum atomic E-state index is 13.8. The predicted octanol–water partition coefficient (Wildman–Crippen LogP) is 4.17. The lowest BCUT2D eigenvalue weighted by Gasteiger charge is -2.12. The minimum absolute atomic E-state index is 0.196. The van der Waals surface area contributed by atoms with Crippen LogP contribution in [0.1, 0.15) is 17.2 Å². The highest BCUT2D eigenvalue weighted by atomic mass is 35.5. The lowest BCUT2D eigenvalue weighted by atomic mass is 10.0. The van der Waals surface area contributed by atoms with Gasteiger partial charge in [-0.1, -0.05) is 17.7 Å². The van der Waals surface area contributed by atoms with Crippen LogP contribution in [0.15, 0.2) is 41.9 Å². The van der Waals surface area contributed by atoms with E-state index in [1.54, 1.807) is 12.3 Å². The Kier molecular flexibility index (Phi) is 3.22. The number of halogens is 2. The molecule has 5 heteroatoms. The van der Waals surface area contributed by atoms with E-state index in [2.05, 4.69) is 4.98 Å². The van der Waals surface area contributed by atoms with Gasteiger partial charge in [-0.3, -0.25) is 4.98 Å². The van der Waals surface area contributed by atoms with Gasteiger partial charge in [-0.05, 0) is 29.6 Å². The van der Waals surface area contributed by atoms with Gasteiger partial charge >= 0.3 is 0 Å². The molecule has 0 aliphatic carbocycles. The van der Waals surface area contributed by atoms with Crippen molar-refractivity contribution < 1.29 is 9.50 Å². The summed E-state index contributed by atoms with van der Waals surface area (Å²) in [5, 5.41) is 12.5. The van der Waals surface area contributed by atoms with Gasteiger partial charge in [-0.25, -0.2) is 4.39 Å². The molecule has 1 aromatic carbocycles. The Morgan fingerprint density at radius 2 is 2.11 bits per heavy atom. The molecule has 0 radical (unpaired) electrons. The highest BCUT2D eigenvalue weighted by Crippen LogP contribution is 2.28. The van der Waals surface area contributed by atoms with Gasteiger partial charge in [0.2, 0.25) is 0 Å². The van der Waals surface area contributed by atoms with Crippen LogP contribution in [0, 0.1) is 5.82 Å². The molecule has 0 fully saturated rings. The van der Waals surface area contributed by atoms with Crippen LogP contribution in [0.25, 0.3) is 10.2 Å². The molecule has 3 aromatic rings. The average Bonchev–Trinajstić information content (AvgIpc) is 2.85. The van der Waals surface area contributed by atoms with Crippen molar-refractivity contribution in [3.05, 3.63) is 63.9 Å². The molecular weight excluding hydrogens is 285 g/mol. The van der Waals surface area contributed by atoms with E-state index in [0.717, 1.165) is 10.2 Å². The number of hydrogen-bond acceptors (Lipinski definition) is 3. The van der Waals surface area contributed by atoms with Gasteiger partial charge in [-0.2, -0.15) is 0 Å². The molecule has 0 saturated heterocycles. The van der Waals surface area contributed by atoms with E-state index >= 15 is 0 Å². The summed E-state index contributed by atoms with van der Waals surface area (Å²) in [5.41, 5.74) is 1.64. The summed E-state index contributed by atoms with van der Waals surface area (Å²) >= 11 is 7.23. The Morgan fingerprint density at radius 1 is 1.26 bits per heavy atom. The molecule has 0 aliphatic heterocycles. The number of hydrogen-bond donors (Lipinski definition) is 1. The van der Waals surface area contributed by atoms with E-state index in [1.165, 1.54) is 23.5 Å². The van der Waals surface area contributed by atoms with E-state index in [-0.39, 0.29) is 5.56 Å². The third kappa shape index (κ3) is 2.34. The van der Waals surface area contributed by atoms with E-state index in [4.69, 9.17) is 11.6 Å². The highest BCUT2D eigenvalue weighted by Gasteiger charge is 2.16. The van der Waals surface area contributed by atoms with Crippen molar-refractivity contribution in [3.8, 4) is 0 Å². The second kappa shape index (κ2) is 4.89. The molecule has 0 amide bonds.